The summed E-state index contributed by atoms with van der Waals surface area (Å²) >= 11 is 0. The van der Waals surface area contributed by atoms with Crippen LogP contribution in [0, 0.1) is 12.7 Å². The Morgan fingerprint density at radius 3 is 2.33 bits per heavy atom. The van der Waals surface area contributed by atoms with Crippen LogP contribution < -0.4 is 29.7 Å². The van der Waals surface area contributed by atoms with Crippen LogP contribution in [0.1, 0.15) is 42.4 Å². The van der Waals surface area contributed by atoms with E-state index in [1.165, 1.54) is 7.11 Å². The molecule has 0 unspecified atom stereocenters. The number of nitrogens with one attached hydrogen (secondary N) is 3. The second-order valence-electron chi connectivity index (χ2n) is 12.2. The average Bonchev–Trinajstić information content (AvgIpc) is 3.03. The minimum absolute atomic E-state index is 0.210. The highest BCUT2D eigenvalue weighted by molar-refractivity contribution is 7.92. The van der Waals surface area contributed by atoms with Gasteiger partial charge in [0.2, 0.25) is 21.8 Å². The number of sulfonamides is 1. The van der Waals surface area contributed by atoms with Crippen LogP contribution in [0.2, 0.25) is 0 Å². The van der Waals surface area contributed by atoms with Gasteiger partial charge in [-0.05, 0) is 60.4 Å². The van der Waals surface area contributed by atoms with E-state index in [0.717, 1.165) is 18.0 Å². The van der Waals surface area contributed by atoms with Crippen LogP contribution in [0.25, 0.3) is 0 Å². The number of methoxy groups -OCH3 is 1. The number of hydrogen-bond acceptors (Lipinski definition) is 11. The van der Waals surface area contributed by atoms with Crippen molar-refractivity contribution < 1.29 is 31.8 Å². The molecule has 4 aromatic rings. The summed E-state index contributed by atoms with van der Waals surface area (Å²) in [5.41, 5.74) is 3.04. The fourth-order valence-corrected chi connectivity index (χ4v) is 5.43. The smallest absolute Gasteiger partial charge is 0.260 e. The average molecular weight is 680 g/mol. The number of carbonyl (C=O) groups excluding carboxylic acids is 1. The molecule has 1 fully saturated rings. The van der Waals surface area contributed by atoms with E-state index >= 15 is 0 Å². The lowest BCUT2D eigenvalue weighted by Gasteiger charge is -2.26. The summed E-state index contributed by atoms with van der Waals surface area (Å²) in [6.45, 7) is 9.99. The van der Waals surface area contributed by atoms with Crippen LogP contribution in [0.15, 0.2) is 54.9 Å². The zero-order valence-corrected chi connectivity index (χ0v) is 28.4. The maximum absolute atomic E-state index is 14.5. The van der Waals surface area contributed by atoms with Crippen molar-refractivity contribution in [1.29, 1.82) is 0 Å². The molecule has 0 atom stereocenters. The lowest BCUT2D eigenvalue weighted by atomic mass is 9.86. The zero-order chi connectivity index (χ0) is 34.6. The molecule has 0 bridgehead atoms. The van der Waals surface area contributed by atoms with Crippen molar-refractivity contribution in [2.45, 2.75) is 33.1 Å². The largest absolute Gasteiger partial charge is 0.492 e. The van der Waals surface area contributed by atoms with Gasteiger partial charge >= 0.3 is 0 Å². The Labute approximate surface area is 278 Å². The van der Waals surface area contributed by atoms with Gasteiger partial charge in [0, 0.05) is 18.8 Å². The summed E-state index contributed by atoms with van der Waals surface area (Å²) in [5.74, 6) is -0.375. The lowest BCUT2D eigenvalue weighted by Crippen LogP contribution is -2.37. The third-order valence-electron chi connectivity index (χ3n) is 7.38. The number of ether oxygens (including phenoxy) is 3. The Balaban J connectivity index is 1.33. The highest BCUT2D eigenvalue weighted by Crippen LogP contribution is 2.40. The molecule has 1 aliphatic rings. The normalized spacial score (nSPS) is 13.5. The first-order valence-corrected chi connectivity index (χ1v) is 17.0. The van der Waals surface area contributed by atoms with Crippen LogP contribution >= 0.6 is 0 Å². The Morgan fingerprint density at radius 1 is 1.00 bits per heavy atom. The van der Waals surface area contributed by atoms with Gasteiger partial charge in [-0.25, -0.2) is 13.4 Å². The Hall–Kier alpha value is -5.02. The van der Waals surface area contributed by atoms with E-state index in [0.29, 0.717) is 66.3 Å². The van der Waals surface area contributed by atoms with E-state index in [1.807, 2.05) is 31.7 Å². The molecule has 0 radical (unpaired) electrons. The number of amides is 1. The van der Waals surface area contributed by atoms with Gasteiger partial charge in [0.25, 0.3) is 11.8 Å². The van der Waals surface area contributed by atoms with E-state index in [4.69, 9.17) is 14.2 Å². The summed E-state index contributed by atoms with van der Waals surface area (Å²) in [4.78, 5) is 28.0. The van der Waals surface area contributed by atoms with Gasteiger partial charge in [0.1, 0.15) is 5.75 Å². The predicted molar refractivity (Wildman–Crippen MR) is 182 cm³/mol. The molecule has 13 nitrogen and oxygen atoms in total. The molecule has 2 aromatic carbocycles. The van der Waals surface area contributed by atoms with Gasteiger partial charge in [-0.2, -0.15) is 9.37 Å². The minimum Gasteiger partial charge on any atom is -0.492 e. The number of halogens is 1. The molecule has 0 saturated carbocycles. The number of aryl methyl sites for hydroxylation is 1. The van der Waals surface area contributed by atoms with Crippen LogP contribution in [0.3, 0.4) is 0 Å². The Bertz CT molecular complexity index is 1910. The summed E-state index contributed by atoms with van der Waals surface area (Å²) in [5, 5.41) is 6.09. The van der Waals surface area contributed by atoms with E-state index in [2.05, 4.69) is 30.3 Å². The highest BCUT2D eigenvalue weighted by Gasteiger charge is 2.22. The van der Waals surface area contributed by atoms with Gasteiger partial charge < -0.3 is 29.7 Å². The van der Waals surface area contributed by atoms with Crippen LogP contribution in [0.5, 0.6) is 17.4 Å². The van der Waals surface area contributed by atoms with Gasteiger partial charge in [-0.15, -0.1) is 0 Å². The first-order valence-electron chi connectivity index (χ1n) is 15.1. The molecule has 0 spiro atoms. The maximum Gasteiger partial charge on any atom is 0.260 e. The standard InChI is InChI=1S/C33H38FN7O6S/c1-20-25(17-23(18-35-20)37-27-15-21(33(2,3)4)16-28(29(27)45-5)40-48(6,43)44)30(42)38-22-7-9-24(10-8-22)47-31-26(34)19-36-32(39-31)41-11-13-46-14-12-41/h7-10,15-19,37,40H,11-14H2,1-6H3,(H,38,42). The molecule has 1 amide bonds. The molecule has 5 rings (SSSR count). The number of anilines is 5. The first kappa shape index (κ1) is 34.3. The van der Waals surface area contributed by atoms with Gasteiger partial charge in [-0.3, -0.25) is 14.5 Å². The monoisotopic (exact) mass is 679 g/mol. The zero-order valence-electron chi connectivity index (χ0n) is 27.5. The van der Waals surface area contributed by atoms with Crippen molar-refractivity contribution >= 4 is 44.6 Å². The molecule has 3 heterocycles. The fourth-order valence-electron chi connectivity index (χ4n) is 4.88. The highest BCUT2D eigenvalue weighted by atomic mass is 32.2. The molecule has 15 heteroatoms. The first-order chi connectivity index (χ1) is 22.7. The molecule has 1 saturated heterocycles. The second-order valence-corrected chi connectivity index (χ2v) is 14.0. The lowest BCUT2D eigenvalue weighted by molar-refractivity contribution is 0.102. The number of rotatable bonds is 10. The predicted octanol–water partition coefficient (Wildman–Crippen LogP) is 5.62. The number of morpholine rings is 1. The van der Waals surface area contributed by atoms with Crippen molar-refractivity contribution in [3.8, 4) is 17.4 Å². The number of benzene rings is 2. The third-order valence-corrected chi connectivity index (χ3v) is 7.98. The molecular weight excluding hydrogens is 641 g/mol. The molecule has 1 aliphatic heterocycles. The fraction of sp³-hybridized carbons (Fsp3) is 0.333. The Morgan fingerprint density at radius 2 is 1.69 bits per heavy atom. The molecule has 254 valence electrons. The summed E-state index contributed by atoms with van der Waals surface area (Å²) in [7, 11) is -2.16. The number of pyridine rings is 1. The van der Waals surface area contributed by atoms with Gasteiger partial charge in [-0.1, -0.05) is 20.8 Å². The van der Waals surface area contributed by atoms with E-state index < -0.39 is 21.7 Å². The van der Waals surface area contributed by atoms with Gasteiger partial charge in [0.05, 0.1) is 67.3 Å². The number of nitrogens with zero attached hydrogens (tertiary/aromatic N) is 4. The molecule has 48 heavy (non-hydrogen) atoms. The van der Waals surface area contributed by atoms with E-state index in [-0.39, 0.29) is 22.7 Å². The second kappa shape index (κ2) is 14.0. The summed E-state index contributed by atoms with van der Waals surface area (Å²) < 4.78 is 57.9. The van der Waals surface area contributed by atoms with E-state index in [9.17, 15) is 17.6 Å². The van der Waals surface area contributed by atoms with Crippen LogP contribution in [-0.2, 0) is 20.2 Å². The SMILES string of the molecule is COc1c(Nc2cnc(C)c(C(=O)Nc3ccc(Oc4nc(N5CCOCC5)ncc4F)cc3)c2)cc(C(C)(C)C)cc1NS(C)(=O)=O. The van der Waals surface area contributed by atoms with Crippen molar-refractivity contribution in [3.63, 3.8) is 0 Å². The maximum atomic E-state index is 14.5. The molecule has 2 aromatic heterocycles. The number of carbonyl (C=O) groups is 1. The summed E-state index contributed by atoms with van der Waals surface area (Å²) in [6, 6.07) is 11.7. The molecular formula is C33H38FN7O6S. The van der Waals surface area contributed by atoms with Crippen molar-refractivity contribution in [2.75, 3.05) is 59.9 Å². The molecule has 3 N–H and O–H groups in total. The van der Waals surface area contributed by atoms with E-state index in [1.54, 1.807) is 49.5 Å². The van der Waals surface area contributed by atoms with Crippen LogP contribution in [-0.4, -0.2) is 68.9 Å². The molecule has 0 aliphatic carbocycles. The van der Waals surface area contributed by atoms with Crippen molar-refractivity contribution in [1.82, 2.24) is 15.0 Å². The van der Waals surface area contributed by atoms with Crippen molar-refractivity contribution in [2.24, 2.45) is 0 Å². The van der Waals surface area contributed by atoms with Crippen LogP contribution in [0.4, 0.5) is 33.1 Å². The Kier molecular flexibility index (Phi) is 10.0. The van der Waals surface area contributed by atoms with Crippen molar-refractivity contribution in [3.05, 3.63) is 77.5 Å². The minimum atomic E-state index is -3.60. The number of hydrogen-bond donors (Lipinski definition) is 3. The summed E-state index contributed by atoms with van der Waals surface area (Å²) in [6.07, 6.45) is 3.71. The third kappa shape index (κ3) is 8.46. The number of aromatic nitrogens is 3. The van der Waals surface area contributed by atoms with Gasteiger partial charge in [0.15, 0.2) is 5.75 Å². The topological polar surface area (TPSA) is 157 Å². The quantitative estimate of drug-likeness (QED) is 0.191.